The van der Waals surface area contributed by atoms with Crippen LogP contribution in [-0.4, -0.2) is 24.8 Å². The van der Waals surface area contributed by atoms with Crippen molar-refractivity contribution < 1.29 is 8.42 Å². The van der Waals surface area contributed by atoms with Crippen molar-refractivity contribution in [3.05, 3.63) is 0 Å². The first-order chi connectivity index (χ1) is 6.96. The van der Waals surface area contributed by atoms with E-state index in [1.807, 2.05) is 0 Å². The Bertz CT molecular complexity index is 314. The summed E-state index contributed by atoms with van der Waals surface area (Å²) in [5.74, 6) is 1.11. The summed E-state index contributed by atoms with van der Waals surface area (Å²) in [6, 6.07) is 0. The third-order valence-corrected chi connectivity index (χ3v) is 6.79. The van der Waals surface area contributed by atoms with Crippen LogP contribution >= 0.6 is 11.6 Å². The van der Waals surface area contributed by atoms with Gasteiger partial charge < -0.3 is 0 Å². The minimum absolute atomic E-state index is 0.0973. The summed E-state index contributed by atoms with van der Waals surface area (Å²) in [6.07, 6.45) is 0.633. The minimum atomic E-state index is -3.03. The Hall–Kier alpha value is 0.240. The van der Waals surface area contributed by atoms with Crippen LogP contribution in [0.15, 0.2) is 0 Å². The molecule has 4 heteroatoms. The van der Waals surface area contributed by atoms with Crippen LogP contribution < -0.4 is 0 Å². The predicted molar refractivity (Wildman–Crippen MR) is 71.8 cm³/mol. The van der Waals surface area contributed by atoms with Crippen molar-refractivity contribution in [1.29, 1.82) is 0 Å². The second-order valence-corrected chi connectivity index (χ2v) is 9.25. The molecule has 0 aromatic rings. The Morgan fingerprint density at radius 2 is 1.56 bits per heavy atom. The Balaban J connectivity index is 4.69. The maximum absolute atomic E-state index is 12.0. The number of rotatable bonds is 5. The number of sulfone groups is 1. The van der Waals surface area contributed by atoms with Crippen LogP contribution in [0.4, 0.5) is 0 Å². The molecule has 1 atom stereocenters. The first kappa shape index (κ1) is 16.2. The summed E-state index contributed by atoms with van der Waals surface area (Å²) < 4.78 is 23.3. The smallest absolute Gasteiger partial charge is 0.155 e. The summed E-state index contributed by atoms with van der Waals surface area (Å²) in [5.41, 5.74) is -0.0973. The summed E-state index contributed by atoms with van der Waals surface area (Å²) in [5, 5.41) is 0. The van der Waals surface area contributed by atoms with Crippen LogP contribution in [0.3, 0.4) is 0 Å². The van der Waals surface area contributed by atoms with Gasteiger partial charge in [0.1, 0.15) is 0 Å². The number of hydrogen-bond donors (Lipinski definition) is 0. The van der Waals surface area contributed by atoms with Crippen molar-refractivity contribution in [3.8, 4) is 0 Å². The molecule has 98 valence electrons. The van der Waals surface area contributed by atoms with Crippen molar-refractivity contribution in [2.24, 2.45) is 11.3 Å². The molecule has 1 unspecified atom stereocenters. The highest BCUT2D eigenvalue weighted by atomic mass is 35.5. The Morgan fingerprint density at radius 1 is 1.12 bits per heavy atom. The van der Waals surface area contributed by atoms with Gasteiger partial charge in [0.15, 0.2) is 9.84 Å². The van der Waals surface area contributed by atoms with Gasteiger partial charge in [0, 0.05) is 5.88 Å². The van der Waals surface area contributed by atoms with E-state index in [1.54, 1.807) is 20.8 Å². The fraction of sp³-hybridized carbons (Fsp3) is 1.00. The van der Waals surface area contributed by atoms with Gasteiger partial charge in [-0.2, -0.15) is 0 Å². The molecule has 0 amide bonds. The molecule has 0 fully saturated rings. The second-order valence-electron chi connectivity index (χ2n) is 6.12. The summed E-state index contributed by atoms with van der Waals surface area (Å²) in [6.45, 7) is 11.5. The molecule has 0 aliphatic carbocycles. The van der Waals surface area contributed by atoms with Crippen molar-refractivity contribution in [3.63, 3.8) is 0 Å². The van der Waals surface area contributed by atoms with Gasteiger partial charge in [-0.3, -0.25) is 0 Å². The molecular weight excluding hydrogens is 244 g/mol. The third-order valence-electron chi connectivity index (χ3n) is 3.57. The third kappa shape index (κ3) is 3.92. The van der Waals surface area contributed by atoms with Crippen molar-refractivity contribution in [2.75, 3.05) is 11.6 Å². The van der Waals surface area contributed by atoms with Gasteiger partial charge in [-0.25, -0.2) is 8.42 Å². The van der Waals surface area contributed by atoms with Gasteiger partial charge >= 0.3 is 0 Å². The molecule has 0 bridgehead atoms. The molecular formula is C12H25ClO2S. The number of halogens is 1. The van der Waals surface area contributed by atoms with Crippen molar-refractivity contribution in [1.82, 2.24) is 0 Å². The number of hydrogen-bond acceptors (Lipinski definition) is 2. The van der Waals surface area contributed by atoms with Gasteiger partial charge in [-0.15, -0.1) is 11.6 Å². The quantitative estimate of drug-likeness (QED) is 0.716. The van der Waals surface area contributed by atoms with Gasteiger partial charge in [0.25, 0.3) is 0 Å². The zero-order chi connectivity index (χ0) is 13.2. The fourth-order valence-corrected chi connectivity index (χ4v) is 2.97. The van der Waals surface area contributed by atoms with Crippen LogP contribution in [0.25, 0.3) is 0 Å². The first-order valence-corrected chi connectivity index (χ1v) is 7.93. The van der Waals surface area contributed by atoms with E-state index >= 15 is 0 Å². The lowest BCUT2D eigenvalue weighted by atomic mass is 9.79. The van der Waals surface area contributed by atoms with Gasteiger partial charge in [0.05, 0.1) is 10.5 Å². The van der Waals surface area contributed by atoms with Crippen molar-refractivity contribution in [2.45, 2.75) is 52.7 Å². The largest absolute Gasteiger partial charge is 0.228 e. The van der Waals surface area contributed by atoms with Gasteiger partial charge in [0.2, 0.25) is 0 Å². The predicted octanol–water partition coefficient (Wildman–Crippen LogP) is 3.49. The molecule has 0 aromatic heterocycles. The van der Waals surface area contributed by atoms with E-state index in [2.05, 4.69) is 20.8 Å². The monoisotopic (exact) mass is 268 g/mol. The topological polar surface area (TPSA) is 34.1 Å². The van der Waals surface area contributed by atoms with E-state index in [1.165, 1.54) is 0 Å². The lowest BCUT2D eigenvalue weighted by Crippen LogP contribution is -2.35. The summed E-state index contributed by atoms with van der Waals surface area (Å²) >= 11 is 5.95. The highest BCUT2D eigenvalue weighted by molar-refractivity contribution is 7.92. The van der Waals surface area contributed by atoms with E-state index in [-0.39, 0.29) is 11.2 Å². The molecule has 0 aromatic carbocycles. The Morgan fingerprint density at radius 3 is 1.81 bits per heavy atom. The second kappa shape index (κ2) is 5.26. The molecule has 0 aliphatic rings. The molecule has 0 heterocycles. The molecule has 0 N–H and O–H groups in total. The molecule has 0 saturated carbocycles. The van der Waals surface area contributed by atoms with Crippen LogP contribution in [0, 0.1) is 11.3 Å². The van der Waals surface area contributed by atoms with E-state index in [9.17, 15) is 8.42 Å². The molecule has 0 aliphatic heterocycles. The van der Waals surface area contributed by atoms with Gasteiger partial charge in [-0.1, -0.05) is 20.8 Å². The molecule has 16 heavy (non-hydrogen) atoms. The summed E-state index contributed by atoms with van der Waals surface area (Å²) in [4.78, 5) is 0. The Kier molecular flexibility index (Phi) is 5.34. The maximum Gasteiger partial charge on any atom is 0.155 e. The van der Waals surface area contributed by atoms with E-state index in [0.29, 0.717) is 18.2 Å². The fourth-order valence-electron chi connectivity index (χ4n) is 1.18. The maximum atomic E-state index is 12.0. The highest BCUT2D eigenvalue weighted by Crippen LogP contribution is 2.34. The van der Waals surface area contributed by atoms with Crippen molar-refractivity contribution >= 4 is 21.4 Å². The van der Waals surface area contributed by atoms with E-state index in [4.69, 9.17) is 11.6 Å². The SMILES string of the molecule is CC(C)C(C)(CCl)CCS(=O)(=O)C(C)(C)C. The highest BCUT2D eigenvalue weighted by Gasteiger charge is 2.34. The zero-order valence-corrected chi connectivity index (χ0v) is 12.9. The van der Waals surface area contributed by atoms with Gasteiger partial charge in [-0.05, 0) is 38.5 Å². The van der Waals surface area contributed by atoms with E-state index < -0.39 is 14.6 Å². The summed E-state index contributed by atoms with van der Waals surface area (Å²) in [7, 11) is -3.03. The van der Waals surface area contributed by atoms with E-state index in [0.717, 1.165) is 0 Å². The molecule has 0 rings (SSSR count). The standard InChI is InChI=1S/C12H25ClO2S/c1-10(2)12(6,9-13)7-8-16(14,15)11(3,4)5/h10H,7-9H2,1-6H3. The lowest BCUT2D eigenvalue weighted by Gasteiger charge is -2.32. The average molecular weight is 269 g/mol. The minimum Gasteiger partial charge on any atom is -0.228 e. The normalized spacial score (nSPS) is 17.5. The first-order valence-electron chi connectivity index (χ1n) is 5.74. The molecule has 2 nitrogen and oxygen atoms in total. The Labute approximate surface area is 106 Å². The lowest BCUT2D eigenvalue weighted by molar-refractivity contribution is 0.246. The average Bonchev–Trinajstić information content (AvgIpc) is 2.12. The van der Waals surface area contributed by atoms with Crippen LogP contribution in [0.2, 0.25) is 0 Å². The van der Waals surface area contributed by atoms with Crippen LogP contribution in [-0.2, 0) is 9.84 Å². The number of alkyl halides is 1. The van der Waals surface area contributed by atoms with Crippen LogP contribution in [0.5, 0.6) is 0 Å². The zero-order valence-electron chi connectivity index (χ0n) is 11.3. The van der Waals surface area contributed by atoms with Crippen LogP contribution in [0.1, 0.15) is 48.0 Å². The molecule has 0 saturated heterocycles. The molecule has 0 spiro atoms. The molecule has 0 radical (unpaired) electrons.